The molecular weight excluding hydrogens is 463 g/mol. The number of methoxy groups -OCH3 is 1. The first-order valence-corrected chi connectivity index (χ1v) is 12.1. The molecule has 1 aliphatic rings. The molecule has 0 radical (unpaired) electrons. The molecule has 11 heteroatoms. The van der Waals surface area contributed by atoms with Gasteiger partial charge in [0.2, 0.25) is 11.0 Å². The van der Waals surface area contributed by atoms with Crippen molar-refractivity contribution >= 4 is 40.0 Å². The van der Waals surface area contributed by atoms with E-state index in [2.05, 4.69) is 32.4 Å². The van der Waals surface area contributed by atoms with E-state index < -0.39 is 0 Å². The summed E-state index contributed by atoms with van der Waals surface area (Å²) in [6, 6.07) is 13.8. The third-order valence-corrected chi connectivity index (χ3v) is 7.10. The Morgan fingerprint density at radius 2 is 1.85 bits per heavy atom. The van der Waals surface area contributed by atoms with Gasteiger partial charge in [0, 0.05) is 24.7 Å². The van der Waals surface area contributed by atoms with Gasteiger partial charge in [-0.15, -0.1) is 22.0 Å². The number of aromatic nitrogens is 2. The number of anilines is 1. The Balaban J connectivity index is 1.35. The van der Waals surface area contributed by atoms with Gasteiger partial charge in [-0.2, -0.15) is 5.10 Å². The van der Waals surface area contributed by atoms with Gasteiger partial charge in [-0.1, -0.05) is 11.3 Å². The Hall–Kier alpha value is -3.18. The summed E-state index contributed by atoms with van der Waals surface area (Å²) in [5.74, 6) is 1.38. The van der Waals surface area contributed by atoms with Crippen molar-refractivity contribution in [2.24, 2.45) is 5.10 Å². The van der Waals surface area contributed by atoms with Crippen LogP contribution in [0.15, 0.2) is 53.6 Å². The third kappa shape index (κ3) is 5.25. The molecule has 3 aromatic rings. The van der Waals surface area contributed by atoms with Gasteiger partial charge in [0.05, 0.1) is 12.9 Å². The van der Waals surface area contributed by atoms with E-state index in [-0.39, 0.29) is 23.0 Å². The fourth-order valence-electron chi connectivity index (χ4n) is 3.32. The predicted molar refractivity (Wildman–Crippen MR) is 130 cm³/mol. The van der Waals surface area contributed by atoms with E-state index in [9.17, 15) is 9.18 Å². The van der Waals surface area contributed by atoms with Gasteiger partial charge in [0.15, 0.2) is 11.3 Å². The van der Waals surface area contributed by atoms with Gasteiger partial charge in [-0.25, -0.2) is 4.39 Å². The summed E-state index contributed by atoms with van der Waals surface area (Å²) in [7, 11) is 3.53. The van der Waals surface area contributed by atoms with Gasteiger partial charge in [-0.3, -0.25) is 15.1 Å². The Kier molecular flexibility index (Phi) is 7.09. The van der Waals surface area contributed by atoms with Crippen LogP contribution in [0.2, 0.25) is 0 Å². The molecule has 4 rings (SSSR count). The zero-order chi connectivity index (χ0) is 23.4. The van der Waals surface area contributed by atoms with Gasteiger partial charge in [-0.05, 0) is 55.5 Å². The van der Waals surface area contributed by atoms with Crippen molar-refractivity contribution in [3.63, 3.8) is 0 Å². The number of hydrogen-bond acceptors (Lipinski definition) is 9. The van der Waals surface area contributed by atoms with E-state index in [0.717, 1.165) is 29.3 Å². The molecule has 1 aliphatic heterocycles. The molecule has 33 heavy (non-hydrogen) atoms. The van der Waals surface area contributed by atoms with Crippen molar-refractivity contribution in [3.05, 3.63) is 59.9 Å². The van der Waals surface area contributed by atoms with Crippen LogP contribution in [0.25, 0.3) is 10.6 Å². The number of benzene rings is 2. The lowest BCUT2D eigenvalue weighted by atomic mass is 10.2. The topological polar surface area (TPSA) is 83.0 Å². The first kappa shape index (κ1) is 23.0. The molecule has 2 heterocycles. The summed E-state index contributed by atoms with van der Waals surface area (Å²) in [5.41, 5.74) is 1.62. The highest BCUT2D eigenvalue weighted by atomic mass is 32.2. The molecular formula is C22H23FN6O2S2. The molecule has 172 valence electrons. The van der Waals surface area contributed by atoms with Gasteiger partial charge >= 0.3 is 0 Å². The highest BCUT2D eigenvalue weighted by molar-refractivity contribution is 8.00. The summed E-state index contributed by atoms with van der Waals surface area (Å²) in [6.45, 7) is 2.80. The molecule has 1 atom stereocenters. The van der Waals surface area contributed by atoms with Crippen LogP contribution >= 0.6 is 23.1 Å². The minimum Gasteiger partial charge on any atom is -0.497 e. The fraction of sp³-hybridized carbons (Fsp3) is 0.273. The molecule has 0 saturated carbocycles. The quantitative estimate of drug-likeness (QED) is 0.516. The average Bonchev–Trinajstić information content (AvgIpc) is 3.42. The van der Waals surface area contributed by atoms with Crippen LogP contribution in [0.1, 0.15) is 12.5 Å². The van der Waals surface area contributed by atoms with E-state index in [4.69, 9.17) is 4.74 Å². The van der Waals surface area contributed by atoms with E-state index in [1.165, 1.54) is 35.2 Å². The lowest BCUT2D eigenvalue weighted by molar-refractivity contribution is -0.113. The summed E-state index contributed by atoms with van der Waals surface area (Å²) in [6.07, 6.45) is 0. The number of amidine groups is 1. The number of nitrogens with zero attached hydrogens (tertiary/aromatic N) is 5. The number of ether oxygens (including phenoxy) is 1. The molecule has 0 bridgehead atoms. The Morgan fingerprint density at radius 3 is 2.52 bits per heavy atom. The molecule has 0 saturated heterocycles. The van der Waals surface area contributed by atoms with E-state index in [1.54, 1.807) is 19.2 Å². The number of carbonyl (C=O) groups excluding carboxylic acids is 1. The van der Waals surface area contributed by atoms with Crippen LogP contribution in [0.5, 0.6) is 5.75 Å². The Labute approximate surface area is 199 Å². The molecule has 1 aromatic heterocycles. The number of rotatable bonds is 8. The minimum atomic E-state index is -0.314. The van der Waals surface area contributed by atoms with E-state index >= 15 is 0 Å². The van der Waals surface area contributed by atoms with Crippen molar-refractivity contribution in [1.82, 2.24) is 20.1 Å². The zero-order valence-electron chi connectivity index (χ0n) is 18.4. The summed E-state index contributed by atoms with van der Waals surface area (Å²) in [5, 5.41) is 18.5. The van der Waals surface area contributed by atoms with Crippen molar-refractivity contribution in [1.29, 1.82) is 0 Å². The van der Waals surface area contributed by atoms with Crippen LogP contribution in [0.4, 0.5) is 9.52 Å². The van der Waals surface area contributed by atoms with E-state index in [1.807, 2.05) is 36.3 Å². The number of nitrogens with one attached hydrogen (secondary N) is 1. The lowest BCUT2D eigenvalue weighted by Crippen LogP contribution is -2.39. The number of hydrazone groups is 1. The molecule has 0 aliphatic carbocycles. The largest absolute Gasteiger partial charge is 0.497 e. The van der Waals surface area contributed by atoms with Gasteiger partial charge < -0.3 is 9.64 Å². The molecule has 1 amide bonds. The summed E-state index contributed by atoms with van der Waals surface area (Å²) < 4.78 is 18.3. The van der Waals surface area contributed by atoms with Crippen LogP contribution < -0.4 is 10.1 Å². The number of amides is 1. The normalized spacial score (nSPS) is 15.5. The second-order valence-corrected chi connectivity index (χ2v) is 9.14. The van der Waals surface area contributed by atoms with Crippen LogP contribution in [-0.4, -0.2) is 63.8 Å². The zero-order valence-corrected chi connectivity index (χ0v) is 20.0. The maximum Gasteiger partial charge on any atom is 0.236 e. The maximum absolute atomic E-state index is 13.1. The SMILES string of the molecule is CCN1C(c2ccc(OC)cc2)=NN(C)C1SCC(=O)Nc1nnc(-c2ccc(F)cc2)s1. The molecule has 0 fully saturated rings. The molecule has 1 N–H and O–H groups in total. The fourth-order valence-corrected chi connectivity index (χ4v) is 5.15. The summed E-state index contributed by atoms with van der Waals surface area (Å²) in [4.78, 5) is 14.7. The van der Waals surface area contributed by atoms with Crippen molar-refractivity contribution in [3.8, 4) is 16.3 Å². The highest BCUT2D eigenvalue weighted by Gasteiger charge is 2.32. The summed E-state index contributed by atoms with van der Waals surface area (Å²) >= 11 is 2.72. The molecule has 0 spiro atoms. The third-order valence-electron chi connectivity index (χ3n) is 4.93. The molecule has 2 aromatic carbocycles. The second kappa shape index (κ2) is 10.2. The second-order valence-electron chi connectivity index (χ2n) is 7.12. The first-order valence-electron chi connectivity index (χ1n) is 10.2. The maximum atomic E-state index is 13.1. The van der Waals surface area contributed by atoms with Gasteiger partial charge in [0.25, 0.3) is 0 Å². The van der Waals surface area contributed by atoms with Gasteiger partial charge in [0.1, 0.15) is 16.6 Å². The average molecular weight is 487 g/mol. The van der Waals surface area contributed by atoms with Crippen LogP contribution in [0.3, 0.4) is 0 Å². The number of carbonyl (C=O) groups is 1. The first-order chi connectivity index (χ1) is 16.0. The number of thioether (sulfide) groups is 1. The Bertz CT molecular complexity index is 1140. The van der Waals surface area contributed by atoms with Crippen LogP contribution in [-0.2, 0) is 4.79 Å². The highest BCUT2D eigenvalue weighted by Crippen LogP contribution is 2.29. The monoisotopic (exact) mass is 486 g/mol. The van der Waals surface area contributed by atoms with Crippen LogP contribution in [0, 0.1) is 5.82 Å². The smallest absolute Gasteiger partial charge is 0.236 e. The Morgan fingerprint density at radius 1 is 1.15 bits per heavy atom. The molecule has 8 nitrogen and oxygen atoms in total. The van der Waals surface area contributed by atoms with Crippen molar-refractivity contribution in [2.75, 3.05) is 31.8 Å². The lowest BCUT2D eigenvalue weighted by Gasteiger charge is -2.28. The predicted octanol–water partition coefficient (Wildman–Crippen LogP) is 3.94. The standard InChI is InChI=1S/C22H23FN6O2S2/c1-4-29-19(14-7-11-17(31-3)12-8-14)27-28(2)22(29)32-13-18(30)24-21-26-25-20(33-21)15-5-9-16(23)10-6-15/h5-12,22H,4,13H2,1-3H3,(H,24,26,30). The molecule has 1 unspecified atom stereocenters. The minimum absolute atomic E-state index is 0.109. The van der Waals surface area contributed by atoms with E-state index in [0.29, 0.717) is 10.1 Å². The van der Waals surface area contributed by atoms with Crippen molar-refractivity contribution in [2.45, 2.75) is 12.4 Å². The van der Waals surface area contributed by atoms with Crippen molar-refractivity contribution < 1.29 is 13.9 Å². The number of hydrogen-bond donors (Lipinski definition) is 1. The number of halogens is 1.